The molecule has 0 aliphatic carbocycles. The van der Waals surface area contributed by atoms with Gasteiger partial charge in [-0.2, -0.15) is 4.39 Å². The highest BCUT2D eigenvalue weighted by atomic mass is 127. The zero-order chi connectivity index (χ0) is 19.2. The van der Waals surface area contributed by atoms with Crippen molar-refractivity contribution in [2.24, 2.45) is 0 Å². The molecule has 0 bridgehead atoms. The average molecular weight is 479 g/mol. The number of likely N-dealkylation sites (N-methyl/N-ethyl adjacent to an activating group) is 1. The minimum Gasteiger partial charge on any atom is -0.349 e. The minimum absolute atomic E-state index is 0.256. The number of nitrogens with one attached hydrogen (secondary N) is 1. The molecule has 0 aliphatic rings. The van der Waals surface area contributed by atoms with Crippen LogP contribution in [0.2, 0.25) is 0 Å². The predicted molar refractivity (Wildman–Crippen MR) is 110 cm³/mol. The highest BCUT2D eigenvalue weighted by Gasteiger charge is 2.10. The molecule has 140 valence electrons. The fourth-order valence-electron chi connectivity index (χ4n) is 2.66. The standard InChI is InChI=1S/C19H19FIN5O/c1-2-26(12-13-5-6-22-18(20)9-13)8-7-23-19(27)17-11-24-16-10-14(21)3-4-15(16)25-17/h3-6,9-11H,2,7-8,12H2,1H3,(H,23,27). The number of halogens is 2. The first-order valence-electron chi connectivity index (χ1n) is 8.58. The summed E-state index contributed by atoms with van der Waals surface area (Å²) >= 11 is 2.21. The molecular formula is C19H19FIN5O. The number of rotatable bonds is 7. The zero-order valence-electron chi connectivity index (χ0n) is 14.8. The van der Waals surface area contributed by atoms with Crippen LogP contribution < -0.4 is 5.32 Å². The van der Waals surface area contributed by atoms with E-state index in [1.807, 2.05) is 25.1 Å². The van der Waals surface area contributed by atoms with Crippen molar-refractivity contribution in [1.29, 1.82) is 0 Å². The third-order valence-electron chi connectivity index (χ3n) is 4.09. The lowest BCUT2D eigenvalue weighted by Crippen LogP contribution is -2.35. The summed E-state index contributed by atoms with van der Waals surface area (Å²) in [7, 11) is 0. The van der Waals surface area contributed by atoms with Crippen molar-refractivity contribution in [3.8, 4) is 0 Å². The summed E-state index contributed by atoms with van der Waals surface area (Å²) in [5.41, 5.74) is 2.60. The molecule has 0 saturated heterocycles. The smallest absolute Gasteiger partial charge is 0.271 e. The third kappa shape index (κ3) is 5.39. The monoisotopic (exact) mass is 479 g/mol. The number of benzene rings is 1. The Bertz CT molecular complexity index is 952. The van der Waals surface area contributed by atoms with Crippen LogP contribution in [-0.4, -0.2) is 45.4 Å². The number of amides is 1. The van der Waals surface area contributed by atoms with Gasteiger partial charge < -0.3 is 5.32 Å². The summed E-state index contributed by atoms with van der Waals surface area (Å²) in [5, 5.41) is 2.87. The van der Waals surface area contributed by atoms with Crippen LogP contribution in [0.5, 0.6) is 0 Å². The van der Waals surface area contributed by atoms with Crippen LogP contribution in [0.15, 0.2) is 42.7 Å². The van der Waals surface area contributed by atoms with E-state index in [0.29, 0.717) is 30.8 Å². The molecule has 8 heteroatoms. The van der Waals surface area contributed by atoms with Crippen LogP contribution in [-0.2, 0) is 6.54 Å². The van der Waals surface area contributed by atoms with Crippen LogP contribution in [0.4, 0.5) is 4.39 Å². The second-order valence-electron chi connectivity index (χ2n) is 6.00. The number of carbonyl (C=O) groups excluding carboxylic acids is 1. The van der Waals surface area contributed by atoms with Crippen LogP contribution in [0.3, 0.4) is 0 Å². The van der Waals surface area contributed by atoms with E-state index < -0.39 is 5.95 Å². The van der Waals surface area contributed by atoms with Crippen molar-refractivity contribution in [3.63, 3.8) is 0 Å². The molecular weight excluding hydrogens is 460 g/mol. The highest BCUT2D eigenvalue weighted by molar-refractivity contribution is 14.1. The van der Waals surface area contributed by atoms with E-state index in [9.17, 15) is 9.18 Å². The van der Waals surface area contributed by atoms with Gasteiger partial charge in [-0.3, -0.25) is 14.7 Å². The van der Waals surface area contributed by atoms with Gasteiger partial charge in [0.15, 0.2) is 0 Å². The van der Waals surface area contributed by atoms with Gasteiger partial charge in [0, 0.05) is 29.4 Å². The van der Waals surface area contributed by atoms with Crippen molar-refractivity contribution in [2.75, 3.05) is 19.6 Å². The first-order chi connectivity index (χ1) is 13.0. The number of aromatic nitrogens is 3. The molecule has 2 aromatic heterocycles. The quantitative estimate of drug-likeness (QED) is 0.417. The van der Waals surface area contributed by atoms with Gasteiger partial charge in [-0.15, -0.1) is 0 Å². The first kappa shape index (κ1) is 19.6. The Hall–Kier alpha value is -2.20. The summed E-state index contributed by atoms with van der Waals surface area (Å²) in [5.74, 6) is -0.740. The summed E-state index contributed by atoms with van der Waals surface area (Å²) in [6, 6.07) is 8.92. The van der Waals surface area contributed by atoms with E-state index in [4.69, 9.17) is 0 Å². The van der Waals surface area contributed by atoms with E-state index in [2.05, 4.69) is 47.8 Å². The van der Waals surface area contributed by atoms with Crippen molar-refractivity contribution < 1.29 is 9.18 Å². The maximum absolute atomic E-state index is 13.2. The minimum atomic E-state index is -0.485. The lowest BCUT2D eigenvalue weighted by atomic mass is 10.2. The van der Waals surface area contributed by atoms with Gasteiger partial charge >= 0.3 is 0 Å². The SMILES string of the molecule is CCN(CCNC(=O)c1cnc2cc(I)ccc2n1)Cc1ccnc(F)c1. The van der Waals surface area contributed by atoms with E-state index in [-0.39, 0.29) is 5.91 Å². The lowest BCUT2D eigenvalue weighted by Gasteiger charge is -2.20. The Morgan fingerprint density at radius 2 is 2.07 bits per heavy atom. The molecule has 3 rings (SSSR count). The largest absolute Gasteiger partial charge is 0.349 e. The van der Waals surface area contributed by atoms with E-state index >= 15 is 0 Å². The van der Waals surface area contributed by atoms with Gasteiger partial charge in [0.1, 0.15) is 5.69 Å². The Labute approximate surface area is 170 Å². The number of fused-ring (bicyclic) bond motifs is 1. The van der Waals surface area contributed by atoms with Crippen molar-refractivity contribution in [1.82, 2.24) is 25.2 Å². The fourth-order valence-corrected chi connectivity index (χ4v) is 3.13. The predicted octanol–water partition coefficient (Wildman–Crippen LogP) is 3.02. The van der Waals surface area contributed by atoms with Crippen LogP contribution in [0.25, 0.3) is 11.0 Å². The molecule has 0 aliphatic heterocycles. The fraction of sp³-hybridized carbons (Fsp3) is 0.263. The Balaban J connectivity index is 1.55. The first-order valence-corrected chi connectivity index (χ1v) is 9.66. The van der Waals surface area contributed by atoms with Crippen molar-refractivity contribution >= 4 is 39.5 Å². The lowest BCUT2D eigenvalue weighted by molar-refractivity contribution is 0.0943. The molecule has 27 heavy (non-hydrogen) atoms. The second-order valence-corrected chi connectivity index (χ2v) is 7.25. The van der Waals surface area contributed by atoms with Gasteiger partial charge in [-0.1, -0.05) is 6.92 Å². The van der Waals surface area contributed by atoms with Gasteiger partial charge in [-0.05, 0) is 65.0 Å². The molecule has 0 radical (unpaired) electrons. The second kappa shape index (κ2) is 9.14. The average Bonchev–Trinajstić information content (AvgIpc) is 2.66. The van der Waals surface area contributed by atoms with Gasteiger partial charge in [0.2, 0.25) is 5.95 Å². The Morgan fingerprint density at radius 1 is 1.22 bits per heavy atom. The summed E-state index contributed by atoms with van der Waals surface area (Å²) in [4.78, 5) is 26.7. The number of carbonyl (C=O) groups is 1. The topological polar surface area (TPSA) is 71.0 Å². The van der Waals surface area contributed by atoms with Crippen molar-refractivity contribution in [3.05, 3.63) is 63.5 Å². The maximum Gasteiger partial charge on any atom is 0.271 e. The summed E-state index contributed by atoms with van der Waals surface area (Å²) in [6.45, 7) is 4.52. The summed E-state index contributed by atoms with van der Waals surface area (Å²) in [6.07, 6.45) is 2.95. The van der Waals surface area contributed by atoms with Crippen LogP contribution in [0.1, 0.15) is 23.0 Å². The molecule has 1 amide bonds. The molecule has 1 N–H and O–H groups in total. The number of pyridine rings is 1. The van der Waals surface area contributed by atoms with Crippen LogP contribution in [0, 0.1) is 9.52 Å². The molecule has 3 aromatic rings. The molecule has 1 aromatic carbocycles. The van der Waals surface area contributed by atoms with Crippen molar-refractivity contribution in [2.45, 2.75) is 13.5 Å². The molecule has 0 unspecified atom stereocenters. The van der Waals surface area contributed by atoms with Crippen LogP contribution >= 0.6 is 22.6 Å². The normalized spacial score (nSPS) is 11.1. The molecule has 0 fully saturated rings. The van der Waals surface area contributed by atoms with E-state index in [1.165, 1.54) is 18.5 Å². The zero-order valence-corrected chi connectivity index (χ0v) is 17.0. The van der Waals surface area contributed by atoms with Gasteiger partial charge in [0.05, 0.1) is 17.2 Å². The Morgan fingerprint density at radius 3 is 2.85 bits per heavy atom. The van der Waals surface area contributed by atoms with Gasteiger partial charge in [-0.25, -0.2) is 9.97 Å². The Kier molecular flexibility index (Phi) is 6.62. The highest BCUT2D eigenvalue weighted by Crippen LogP contribution is 2.13. The number of nitrogens with zero attached hydrogens (tertiary/aromatic N) is 4. The number of hydrogen-bond acceptors (Lipinski definition) is 5. The maximum atomic E-state index is 13.2. The summed E-state index contributed by atoms with van der Waals surface area (Å²) < 4.78 is 14.3. The molecule has 0 spiro atoms. The van der Waals surface area contributed by atoms with Gasteiger partial charge in [0.25, 0.3) is 5.91 Å². The molecule has 6 nitrogen and oxygen atoms in total. The van der Waals surface area contributed by atoms with E-state index in [1.54, 1.807) is 6.07 Å². The molecule has 0 saturated carbocycles. The molecule has 2 heterocycles. The molecule has 0 atom stereocenters. The third-order valence-corrected chi connectivity index (χ3v) is 4.77. The number of hydrogen-bond donors (Lipinski definition) is 1. The van der Waals surface area contributed by atoms with E-state index in [0.717, 1.165) is 21.2 Å².